The maximum atomic E-state index is 2.48. The highest BCUT2D eigenvalue weighted by molar-refractivity contribution is 6.12. The van der Waals surface area contributed by atoms with E-state index in [9.17, 15) is 0 Å². The third-order valence-corrected chi connectivity index (χ3v) is 11.0. The lowest BCUT2D eigenvalue weighted by atomic mass is 9.88. The van der Waals surface area contributed by atoms with Crippen molar-refractivity contribution in [1.82, 2.24) is 9.13 Å². The largest absolute Gasteiger partial charge is 0.309 e. The van der Waals surface area contributed by atoms with E-state index in [-0.39, 0.29) is 5.92 Å². The van der Waals surface area contributed by atoms with E-state index in [4.69, 9.17) is 0 Å². The van der Waals surface area contributed by atoms with Crippen LogP contribution in [0, 0.1) is 0 Å². The number of para-hydroxylation sites is 3. The lowest BCUT2D eigenvalue weighted by molar-refractivity contribution is 1.02. The van der Waals surface area contributed by atoms with Crippen molar-refractivity contribution in [2.45, 2.75) is 5.92 Å². The molecule has 0 radical (unpaired) electrons. The summed E-state index contributed by atoms with van der Waals surface area (Å²) >= 11 is 0. The normalized spacial score (nSPS) is 13.7. The maximum absolute atomic E-state index is 2.48. The minimum Gasteiger partial charge on any atom is -0.309 e. The van der Waals surface area contributed by atoms with Crippen LogP contribution in [0.2, 0.25) is 0 Å². The molecule has 2 nitrogen and oxygen atoms in total. The molecular weight excluding hydrogens is 617 g/mol. The minimum absolute atomic E-state index is 0.121. The molecule has 0 saturated carbocycles. The third kappa shape index (κ3) is 4.17. The second-order valence-corrected chi connectivity index (χ2v) is 13.7. The summed E-state index contributed by atoms with van der Waals surface area (Å²) in [7, 11) is 0. The second kappa shape index (κ2) is 10.9. The van der Waals surface area contributed by atoms with Crippen LogP contribution in [-0.2, 0) is 0 Å². The van der Waals surface area contributed by atoms with Crippen molar-refractivity contribution >= 4 is 43.6 Å². The molecular formula is C49H32N2. The van der Waals surface area contributed by atoms with E-state index in [2.05, 4.69) is 197 Å². The van der Waals surface area contributed by atoms with Crippen molar-refractivity contribution < 1.29 is 0 Å². The van der Waals surface area contributed by atoms with Crippen LogP contribution in [-0.4, -0.2) is 9.13 Å². The molecule has 51 heavy (non-hydrogen) atoms. The molecule has 0 fully saturated rings. The van der Waals surface area contributed by atoms with Crippen molar-refractivity contribution in [3.63, 3.8) is 0 Å². The highest BCUT2D eigenvalue weighted by atomic mass is 15.0. The number of nitrogens with zero attached hydrogens (tertiary/aromatic N) is 2. The maximum Gasteiger partial charge on any atom is 0.0544 e. The molecule has 2 heterocycles. The summed E-state index contributed by atoms with van der Waals surface area (Å²) in [6.07, 6.45) is 0. The Bertz CT molecular complexity index is 2960. The van der Waals surface area contributed by atoms with Gasteiger partial charge in [0.1, 0.15) is 0 Å². The summed E-state index contributed by atoms with van der Waals surface area (Å²) in [5.41, 5.74) is 16.4. The highest BCUT2D eigenvalue weighted by Crippen LogP contribution is 2.51. The van der Waals surface area contributed by atoms with Crippen LogP contribution >= 0.6 is 0 Å². The number of hydrogen-bond donors (Lipinski definition) is 0. The highest BCUT2D eigenvalue weighted by Gasteiger charge is 2.32. The molecule has 0 aliphatic heterocycles. The van der Waals surface area contributed by atoms with E-state index in [1.807, 2.05) is 0 Å². The average Bonchev–Trinajstić information content (AvgIpc) is 3.83. The first kappa shape index (κ1) is 28.2. The van der Waals surface area contributed by atoms with Crippen LogP contribution < -0.4 is 0 Å². The Balaban J connectivity index is 1.14. The molecule has 8 aromatic carbocycles. The van der Waals surface area contributed by atoms with Crippen LogP contribution in [0.1, 0.15) is 22.6 Å². The van der Waals surface area contributed by atoms with Crippen molar-refractivity contribution in [3.8, 4) is 33.6 Å². The summed E-state index contributed by atoms with van der Waals surface area (Å²) in [5, 5.41) is 5.12. The van der Waals surface area contributed by atoms with Gasteiger partial charge in [-0.25, -0.2) is 0 Å². The van der Waals surface area contributed by atoms with Crippen molar-refractivity contribution in [2.75, 3.05) is 0 Å². The van der Waals surface area contributed by atoms with Crippen molar-refractivity contribution in [3.05, 3.63) is 205 Å². The Morgan fingerprint density at radius 3 is 1.69 bits per heavy atom. The van der Waals surface area contributed by atoms with Crippen LogP contribution in [0.4, 0.5) is 0 Å². The Morgan fingerprint density at radius 1 is 0.314 bits per heavy atom. The predicted octanol–water partition coefficient (Wildman–Crippen LogP) is 12.7. The fourth-order valence-corrected chi connectivity index (χ4v) is 8.78. The standard InChI is InChI=1S/C49H32N2/c1-3-14-32(15-4-1)33-16-13-19-36(28-33)51-46-25-12-9-21-38(46)42-29-34(26-27-47(42)51)49-40-23-8-7-20-37(40)41-30-43-39-22-10-11-24-45(39)50(48(43)31-44(41)49)35-17-5-2-6-18-35/h1-31,49H. The molecule has 1 atom stereocenters. The molecule has 2 heteroatoms. The van der Waals surface area contributed by atoms with Gasteiger partial charge >= 0.3 is 0 Å². The Hall–Kier alpha value is -6.64. The number of fused-ring (bicyclic) bond motifs is 9. The fourth-order valence-electron chi connectivity index (χ4n) is 8.78. The molecule has 0 saturated heterocycles. The lowest BCUT2D eigenvalue weighted by Gasteiger charge is -2.16. The van der Waals surface area contributed by atoms with Gasteiger partial charge < -0.3 is 9.13 Å². The van der Waals surface area contributed by atoms with Gasteiger partial charge in [-0.15, -0.1) is 0 Å². The Morgan fingerprint density at radius 2 is 0.902 bits per heavy atom. The summed E-state index contributed by atoms with van der Waals surface area (Å²) in [5.74, 6) is 0.121. The van der Waals surface area contributed by atoms with Gasteiger partial charge in [-0.05, 0) is 99.6 Å². The summed E-state index contributed by atoms with van der Waals surface area (Å²) in [6, 6.07) is 69.1. The smallest absolute Gasteiger partial charge is 0.0544 e. The molecule has 0 amide bonds. The first-order valence-electron chi connectivity index (χ1n) is 17.7. The van der Waals surface area contributed by atoms with Gasteiger partial charge in [0.2, 0.25) is 0 Å². The Labute approximate surface area is 296 Å². The summed E-state index contributed by atoms with van der Waals surface area (Å²) in [6.45, 7) is 0. The zero-order valence-corrected chi connectivity index (χ0v) is 27.9. The van der Waals surface area contributed by atoms with E-state index < -0.39 is 0 Å². The molecule has 1 aliphatic carbocycles. The molecule has 238 valence electrons. The Kier molecular flexibility index (Phi) is 6.05. The molecule has 2 aromatic heterocycles. The quantitative estimate of drug-likeness (QED) is 0.180. The van der Waals surface area contributed by atoms with Gasteiger partial charge in [0.05, 0.1) is 22.1 Å². The number of rotatable bonds is 4. The van der Waals surface area contributed by atoms with Gasteiger partial charge in [0, 0.05) is 38.8 Å². The predicted molar refractivity (Wildman–Crippen MR) is 213 cm³/mol. The van der Waals surface area contributed by atoms with Gasteiger partial charge in [-0.2, -0.15) is 0 Å². The third-order valence-electron chi connectivity index (χ3n) is 11.0. The first-order valence-corrected chi connectivity index (χ1v) is 17.7. The van der Waals surface area contributed by atoms with E-state index in [0.717, 1.165) is 0 Å². The van der Waals surface area contributed by atoms with Crippen molar-refractivity contribution in [1.29, 1.82) is 0 Å². The second-order valence-electron chi connectivity index (χ2n) is 13.7. The topological polar surface area (TPSA) is 9.86 Å². The first-order chi connectivity index (χ1) is 25.3. The van der Waals surface area contributed by atoms with Crippen LogP contribution in [0.3, 0.4) is 0 Å². The molecule has 10 aromatic rings. The lowest BCUT2D eigenvalue weighted by Crippen LogP contribution is -2.00. The van der Waals surface area contributed by atoms with E-state index in [1.165, 1.54) is 93.9 Å². The molecule has 1 unspecified atom stereocenters. The minimum atomic E-state index is 0.121. The number of benzene rings is 8. The summed E-state index contributed by atoms with van der Waals surface area (Å²) in [4.78, 5) is 0. The van der Waals surface area contributed by atoms with Crippen LogP contribution in [0.5, 0.6) is 0 Å². The molecule has 0 spiro atoms. The van der Waals surface area contributed by atoms with Gasteiger partial charge in [0.15, 0.2) is 0 Å². The zero-order chi connectivity index (χ0) is 33.5. The molecule has 0 bridgehead atoms. The number of hydrogen-bond acceptors (Lipinski definition) is 0. The van der Waals surface area contributed by atoms with E-state index in [0.29, 0.717) is 0 Å². The van der Waals surface area contributed by atoms with Gasteiger partial charge in [-0.1, -0.05) is 127 Å². The monoisotopic (exact) mass is 648 g/mol. The molecule has 11 rings (SSSR count). The number of aromatic nitrogens is 2. The zero-order valence-electron chi connectivity index (χ0n) is 27.9. The van der Waals surface area contributed by atoms with Gasteiger partial charge in [0.25, 0.3) is 0 Å². The van der Waals surface area contributed by atoms with Crippen molar-refractivity contribution in [2.24, 2.45) is 0 Å². The van der Waals surface area contributed by atoms with Gasteiger partial charge in [-0.3, -0.25) is 0 Å². The average molecular weight is 649 g/mol. The van der Waals surface area contributed by atoms with E-state index in [1.54, 1.807) is 0 Å². The van der Waals surface area contributed by atoms with Crippen LogP contribution in [0.15, 0.2) is 188 Å². The fraction of sp³-hybridized carbons (Fsp3) is 0.0204. The molecule has 1 aliphatic rings. The van der Waals surface area contributed by atoms with E-state index >= 15 is 0 Å². The SMILES string of the molecule is c1ccc(-c2cccc(-n3c4ccccc4c4cc(C5c6ccccc6-c6cc7c8ccccc8n(-c8ccccc8)c7cc65)ccc43)c2)cc1. The van der Waals surface area contributed by atoms with Crippen LogP contribution in [0.25, 0.3) is 77.2 Å². The summed E-state index contributed by atoms with van der Waals surface area (Å²) < 4.78 is 4.87. The molecule has 0 N–H and O–H groups in total.